The summed E-state index contributed by atoms with van der Waals surface area (Å²) in [6.07, 6.45) is 5.03. The summed E-state index contributed by atoms with van der Waals surface area (Å²) in [6.45, 7) is 0.000648. The Labute approximate surface area is 87.4 Å². The monoisotopic (exact) mass is 206 g/mol. The van der Waals surface area contributed by atoms with Gasteiger partial charge in [-0.05, 0) is 12.1 Å². The summed E-state index contributed by atoms with van der Waals surface area (Å²) in [5.74, 6) is 1.69. The van der Waals surface area contributed by atoms with Crippen LogP contribution in [-0.2, 0) is 0 Å². The highest BCUT2D eigenvalue weighted by Gasteiger charge is 2.15. The number of hydrogen-bond donors (Lipinski definition) is 1. The SMILES string of the molecule is C#CCOc1c(OC)cccc1C(=O)O. The van der Waals surface area contributed by atoms with E-state index in [-0.39, 0.29) is 17.9 Å². The number of carboxylic acids is 1. The lowest BCUT2D eigenvalue weighted by atomic mass is 10.2. The quantitative estimate of drug-likeness (QED) is 0.756. The number of carbonyl (C=O) groups is 1. The first-order valence-electron chi connectivity index (χ1n) is 4.17. The first kappa shape index (κ1) is 10.9. The van der Waals surface area contributed by atoms with Crippen molar-refractivity contribution >= 4 is 5.97 Å². The summed E-state index contributed by atoms with van der Waals surface area (Å²) in [5, 5.41) is 8.90. The van der Waals surface area contributed by atoms with E-state index >= 15 is 0 Å². The van der Waals surface area contributed by atoms with Crippen molar-refractivity contribution in [3.05, 3.63) is 23.8 Å². The molecule has 0 unspecified atom stereocenters. The van der Waals surface area contributed by atoms with E-state index in [1.807, 2.05) is 0 Å². The highest BCUT2D eigenvalue weighted by atomic mass is 16.5. The van der Waals surface area contributed by atoms with Crippen molar-refractivity contribution in [2.75, 3.05) is 13.7 Å². The second-order valence-corrected chi connectivity index (χ2v) is 2.63. The summed E-state index contributed by atoms with van der Waals surface area (Å²) in [6, 6.07) is 4.61. The first-order chi connectivity index (χ1) is 7.20. The Balaban J connectivity index is 3.15. The normalized spacial score (nSPS) is 9.07. The van der Waals surface area contributed by atoms with Gasteiger partial charge < -0.3 is 14.6 Å². The average molecular weight is 206 g/mol. The molecule has 15 heavy (non-hydrogen) atoms. The molecule has 4 heteroatoms. The van der Waals surface area contributed by atoms with E-state index in [2.05, 4.69) is 5.92 Å². The second-order valence-electron chi connectivity index (χ2n) is 2.63. The van der Waals surface area contributed by atoms with Crippen molar-refractivity contribution in [3.8, 4) is 23.8 Å². The third kappa shape index (κ3) is 2.41. The van der Waals surface area contributed by atoms with E-state index in [9.17, 15) is 4.79 Å². The van der Waals surface area contributed by atoms with Crippen molar-refractivity contribution in [1.82, 2.24) is 0 Å². The molecule has 0 aliphatic rings. The Hall–Kier alpha value is -2.15. The molecule has 1 aromatic carbocycles. The maximum Gasteiger partial charge on any atom is 0.339 e. The Morgan fingerprint density at radius 3 is 2.87 bits per heavy atom. The van der Waals surface area contributed by atoms with Gasteiger partial charge in [-0.2, -0.15) is 0 Å². The number of carboxylic acid groups (broad SMARTS) is 1. The summed E-state index contributed by atoms with van der Waals surface area (Å²) < 4.78 is 10.1. The van der Waals surface area contributed by atoms with Gasteiger partial charge in [0.2, 0.25) is 0 Å². The molecule has 0 aromatic heterocycles. The lowest BCUT2D eigenvalue weighted by Gasteiger charge is -2.10. The number of rotatable bonds is 4. The highest BCUT2D eigenvalue weighted by molar-refractivity contribution is 5.92. The van der Waals surface area contributed by atoms with Crippen LogP contribution in [0.4, 0.5) is 0 Å². The molecule has 0 atom stereocenters. The standard InChI is InChI=1S/C11H10O4/c1-3-7-15-10-8(11(12)13)5-4-6-9(10)14-2/h1,4-6H,7H2,2H3,(H,12,13). The lowest BCUT2D eigenvalue weighted by Crippen LogP contribution is -2.05. The molecule has 0 saturated heterocycles. The van der Waals surface area contributed by atoms with Crippen molar-refractivity contribution in [3.63, 3.8) is 0 Å². The van der Waals surface area contributed by atoms with Gasteiger partial charge in [-0.1, -0.05) is 12.0 Å². The molecule has 0 bridgehead atoms. The number of aromatic carboxylic acids is 1. The van der Waals surface area contributed by atoms with Gasteiger partial charge >= 0.3 is 5.97 Å². The van der Waals surface area contributed by atoms with Crippen LogP contribution in [0.15, 0.2) is 18.2 Å². The van der Waals surface area contributed by atoms with Gasteiger partial charge in [0.25, 0.3) is 0 Å². The van der Waals surface area contributed by atoms with Crippen LogP contribution in [-0.4, -0.2) is 24.8 Å². The third-order valence-corrected chi connectivity index (χ3v) is 1.73. The molecule has 1 rings (SSSR count). The van der Waals surface area contributed by atoms with E-state index in [1.54, 1.807) is 12.1 Å². The Morgan fingerprint density at radius 2 is 2.33 bits per heavy atom. The summed E-state index contributed by atoms with van der Waals surface area (Å²) >= 11 is 0. The average Bonchev–Trinajstić information content (AvgIpc) is 2.25. The number of methoxy groups -OCH3 is 1. The fraction of sp³-hybridized carbons (Fsp3) is 0.182. The fourth-order valence-electron chi connectivity index (χ4n) is 1.11. The summed E-state index contributed by atoms with van der Waals surface area (Å²) in [5.41, 5.74) is 0.0320. The predicted octanol–water partition coefficient (Wildman–Crippen LogP) is 1.41. The number of para-hydroxylation sites is 1. The minimum Gasteiger partial charge on any atom is -0.493 e. The zero-order valence-corrected chi connectivity index (χ0v) is 8.19. The van der Waals surface area contributed by atoms with E-state index in [0.29, 0.717) is 5.75 Å². The summed E-state index contributed by atoms with van der Waals surface area (Å²) in [7, 11) is 1.43. The second kappa shape index (κ2) is 4.91. The zero-order valence-electron chi connectivity index (χ0n) is 8.19. The molecule has 0 fully saturated rings. The maximum atomic E-state index is 10.9. The van der Waals surface area contributed by atoms with Crippen molar-refractivity contribution < 1.29 is 19.4 Å². The van der Waals surface area contributed by atoms with Crippen LogP contribution in [0.2, 0.25) is 0 Å². The molecular weight excluding hydrogens is 196 g/mol. The topological polar surface area (TPSA) is 55.8 Å². The fourth-order valence-corrected chi connectivity index (χ4v) is 1.11. The van der Waals surface area contributed by atoms with Crippen LogP contribution in [0.1, 0.15) is 10.4 Å². The maximum absolute atomic E-state index is 10.9. The van der Waals surface area contributed by atoms with Gasteiger partial charge in [-0.25, -0.2) is 4.79 Å². The molecule has 78 valence electrons. The molecular formula is C11H10O4. The van der Waals surface area contributed by atoms with Crippen LogP contribution in [0.25, 0.3) is 0 Å². The van der Waals surface area contributed by atoms with E-state index < -0.39 is 5.97 Å². The Kier molecular flexibility index (Phi) is 3.58. The van der Waals surface area contributed by atoms with E-state index in [1.165, 1.54) is 13.2 Å². The van der Waals surface area contributed by atoms with Crippen molar-refractivity contribution in [2.45, 2.75) is 0 Å². The van der Waals surface area contributed by atoms with Crippen molar-refractivity contribution in [1.29, 1.82) is 0 Å². The molecule has 0 heterocycles. The number of benzene rings is 1. The highest BCUT2D eigenvalue weighted by Crippen LogP contribution is 2.30. The van der Waals surface area contributed by atoms with Crippen LogP contribution < -0.4 is 9.47 Å². The van der Waals surface area contributed by atoms with Gasteiger partial charge in [-0.15, -0.1) is 6.42 Å². The van der Waals surface area contributed by atoms with Gasteiger partial charge in [-0.3, -0.25) is 0 Å². The molecule has 4 nitrogen and oxygen atoms in total. The number of hydrogen-bond acceptors (Lipinski definition) is 3. The molecule has 0 amide bonds. The molecule has 0 spiro atoms. The van der Waals surface area contributed by atoms with Crippen LogP contribution in [0, 0.1) is 12.3 Å². The zero-order chi connectivity index (χ0) is 11.3. The largest absolute Gasteiger partial charge is 0.493 e. The van der Waals surface area contributed by atoms with E-state index in [4.69, 9.17) is 21.0 Å². The Morgan fingerprint density at radius 1 is 1.60 bits per heavy atom. The third-order valence-electron chi connectivity index (χ3n) is 1.73. The van der Waals surface area contributed by atoms with E-state index in [0.717, 1.165) is 0 Å². The Bertz CT molecular complexity index is 404. The number of terminal acetylenes is 1. The van der Waals surface area contributed by atoms with Gasteiger partial charge in [0.05, 0.1) is 7.11 Å². The minimum absolute atomic E-state index is 0.000648. The van der Waals surface area contributed by atoms with Gasteiger partial charge in [0.15, 0.2) is 11.5 Å². The van der Waals surface area contributed by atoms with Gasteiger partial charge in [0.1, 0.15) is 12.2 Å². The molecule has 0 aliphatic carbocycles. The smallest absolute Gasteiger partial charge is 0.339 e. The molecule has 0 saturated carbocycles. The summed E-state index contributed by atoms with van der Waals surface area (Å²) in [4.78, 5) is 10.9. The van der Waals surface area contributed by atoms with Crippen LogP contribution in [0.3, 0.4) is 0 Å². The molecule has 1 N–H and O–H groups in total. The van der Waals surface area contributed by atoms with Crippen LogP contribution in [0.5, 0.6) is 11.5 Å². The molecule has 1 aromatic rings. The lowest BCUT2D eigenvalue weighted by molar-refractivity contribution is 0.0692. The van der Waals surface area contributed by atoms with Gasteiger partial charge in [0, 0.05) is 0 Å². The first-order valence-corrected chi connectivity index (χ1v) is 4.17. The van der Waals surface area contributed by atoms with Crippen LogP contribution >= 0.6 is 0 Å². The van der Waals surface area contributed by atoms with Crippen molar-refractivity contribution in [2.24, 2.45) is 0 Å². The molecule has 0 radical (unpaired) electrons. The predicted molar refractivity (Wildman–Crippen MR) is 54.3 cm³/mol. The minimum atomic E-state index is -1.08. The molecule has 0 aliphatic heterocycles. The number of ether oxygens (including phenoxy) is 2.